The third-order valence-corrected chi connectivity index (χ3v) is 3.71. The van der Waals surface area contributed by atoms with Crippen molar-refractivity contribution in [2.45, 2.75) is 26.2 Å². The van der Waals surface area contributed by atoms with Crippen molar-refractivity contribution >= 4 is 28.2 Å². The Balaban J connectivity index is 3.08. The van der Waals surface area contributed by atoms with Crippen LogP contribution in [0.5, 0.6) is 0 Å². The summed E-state index contributed by atoms with van der Waals surface area (Å²) in [6, 6.07) is 2.02. The zero-order chi connectivity index (χ0) is 12.1. The van der Waals surface area contributed by atoms with E-state index in [1.165, 1.54) is 0 Å². The highest BCUT2D eigenvalue weighted by molar-refractivity contribution is 7.28. The van der Waals surface area contributed by atoms with Crippen molar-refractivity contribution < 1.29 is 4.79 Å². The van der Waals surface area contributed by atoms with E-state index in [0.29, 0.717) is 41.3 Å². The molecule has 0 aliphatic rings. The number of nitrogen functional groups attached to an aromatic ring is 1. The molecule has 0 aliphatic carbocycles. The van der Waals surface area contributed by atoms with E-state index in [-0.39, 0.29) is 5.78 Å². The summed E-state index contributed by atoms with van der Waals surface area (Å²) in [6.45, 7) is 1.89. The molecule has 0 saturated heterocycles. The highest BCUT2D eigenvalue weighted by Crippen LogP contribution is 2.25. The minimum absolute atomic E-state index is 0.102. The predicted molar refractivity (Wildman–Crippen MR) is 65.2 cm³/mol. The van der Waals surface area contributed by atoms with Gasteiger partial charge in [0.1, 0.15) is 17.3 Å². The topological polar surface area (TPSA) is 79.8 Å². The highest BCUT2D eigenvalue weighted by atomic mass is 35.5. The Kier molecular flexibility index (Phi) is 4.87. The largest absolute Gasteiger partial charge is 0.289 e. The van der Waals surface area contributed by atoms with Gasteiger partial charge in [0.05, 0.1) is 0 Å². The summed E-state index contributed by atoms with van der Waals surface area (Å²) in [5, 5.41) is 14.8. The van der Waals surface area contributed by atoms with Crippen molar-refractivity contribution in [1.29, 1.82) is 5.26 Å². The van der Waals surface area contributed by atoms with Gasteiger partial charge in [-0.05, 0) is 17.2 Å². The van der Waals surface area contributed by atoms with E-state index in [0.717, 1.165) is 0 Å². The Morgan fingerprint density at radius 1 is 1.69 bits per heavy atom. The van der Waals surface area contributed by atoms with E-state index in [4.69, 9.17) is 22.0 Å². The number of carbonyl (C=O) groups excluding carboxylic acids is 1. The molecule has 6 heteroatoms. The van der Waals surface area contributed by atoms with Gasteiger partial charge in [0.2, 0.25) is 5.78 Å². The predicted octanol–water partition coefficient (Wildman–Crippen LogP) is 2.18. The lowest BCUT2D eigenvalue weighted by Crippen LogP contribution is -2.03. The fourth-order valence-electron chi connectivity index (χ4n) is 1.40. The van der Waals surface area contributed by atoms with Gasteiger partial charge in [-0.3, -0.25) is 4.79 Å². The average molecular weight is 259 g/mol. The first-order valence-corrected chi connectivity index (χ1v) is 6.73. The SMILES string of the molecule is CCc1n[s+](N)c(C(=O)CCCCl)c1C#N. The standard InChI is InChI=1S/C10H12ClN3OS/c1-2-8-7(6-12)10(16(13)14-8)9(15)4-3-5-11/h13H,2-5H2,1H3/p+1. The quantitative estimate of drug-likeness (QED) is 0.499. The highest BCUT2D eigenvalue weighted by Gasteiger charge is 2.30. The smallest absolute Gasteiger partial charge is 0.283 e. The van der Waals surface area contributed by atoms with Crippen LogP contribution in [0.15, 0.2) is 0 Å². The average Bonchev–Trinajstić information content (AvgIpc) is 2.62. The summed E-state index contributed by atoms with van der Waals surface area (Å²) in [5.41, 5.74) is 1.01. The molecule has 1 atom stereocenters. The molecule has 16 heavy (non-hydrogen) atoms. The Labute approximate surface area is 102 Å². The molecule has 0 bridgehead atoms. The number of nitriles is 1. The third-order valence-electron chi connectivity index (χ3n) is 2.17. The number of rotatable bonds is 5. The van der Waals surface area contributed by atoms with Crippen LogP contribution in [0, 0.1) is 11.3 Å². The summed E-state index contributed by atoms with van der Waals surface area (Å²) in [6.07, 6.45) is 1.55. The molecule has 0 aromatic carbocycles. The minimum Gasteiger partial charge on any atom is -0.289 e. The second-order valence-corrected chi connectivity index (χ2v) is 4.84. The van der Waals surface area contributed by atoms with E-state index in [9.17, 15) is 4.79 Å². The van der Waals surface area contributed by atoms with E-state index in [1.807, 2.05) is 13.0 Å². The van der Waals surface area contributed by atoms with Crippen LogP contribution < -0.4 is 5.14 Å². The number of aryl methyl sites for hydroxylation is 1. The van der Waals surface area contributed by atoms with Gasteiger partial charge in [-0.2, -0.15) is 5.26 Å². The van der Waals surface area contributed by atoms with Gasteiger partial charge in [0.15, 0.2) is 10.9 Å². The molecule has 0 aliphatic heterocycles. The summed E-state index contributed by atoms with van der Waals surface area (Å²) < 4.78 is 4.14. The van der Waals surface area contributed by atoms with Gasteiger partial charge in [-0.1, -0.05) is 6.92 Å². The first-order chi connectivity index (χ1) is 7.65. The number of hydrogen-bond acceptors (Lipinski definition) is 4. The van der Waals surface area contributed by atoms with Crippen molar-refractivity contribution in [1.82, 2.24) is 4.37 Å². The van der Waals surface area contributed by atoms with E-state index in [1.54, 1.807) is 0 Å². The lowest BCUT2D eigenvalue weighted by atomic mass is 10.1. The lowest BCUT2D eigenvalue weighted by molar-refractivity contribution is 0.0985. The van der Waals surface area contributed by atoms with Crippen LogP contribution in [0.2, 0.25) is 0 Å². The normalized spacial score (nSPS) is 11.2. The molecule has 4 nitrogen and oxygen atoms in total. The maximum atomic E-state index is 11.8. The van der Waals surface area contributed by atoms with Crippen LogP contribution in [-0.2, 0) is 6.42 Å². The van der Waals surface area contributed by atoms with Gasteiger partial charge in [0.25, 0.3) is 4.88 Å². The number of alkyl halides is 1. The number of nitrogens with zero attached hydrogens (tertiary/aromatic N) is 2. The summed E-state index contributed by atoms with van der Waals surface area (Å²) in [7, 11) is -0.952. The molecule has 0 spiro atoms. The van der Waals surface area contributed by atoms with Crippen LogP contribution in [0.1, 0.15) is 40.7 Å². The third kappa shape index (κ3) is 2.59. The second kappa shape index (κ2) is 5.94. The Morgan fingerprint density at radius 2 is 2.38 bits per heavy atom. The van der Waals surface area contributed by atoms with Crippen LogP contribution in [0.4, 0.5) is 0 Å². The van der Waals surface area contributed by atoms with Gasteiger partial charge >= 0.3 is 0 Å². The molecular weight excluding hydrogens is 246 g/mol. The van der Waals surface area contributed by atoms with Crippen LogP contribution in [0.25, 0.3) is 0 Å². The Bertz CT molecular complexity index is 436. The molecule has 2 N–H and O–H groups in total. The maximum Gasteiger partial charge on any atom is 0.283 e. The van der Waals surface area contributed by atoms with Gasteiger partial charge in [-0.25, -0.2) is 0 Å². The van der Waals surface area contributed by atoms with Crippen molar-refractivity contribution in [3.63, 3.8) is 0 Å². The first kappa shape index (κ1) is 13.1. The Hall–Kier alpha value is -0.960. The monoisotopic (exact) mass is 258 g/mol. The zero-order valence-corrected chi connectivity index (χ0v) is 10.6. The number of Topliss-reactive ketones (excluding diaryl/α,β-unsaturated/α-hetero) is 1. The minimum atomic E-state index is -0.952. The van der Waals surface area contributed by atoms with E-state index >= 15 is 0 Å². The molecule has 1 aromatic rings. The molecule has 1 rings (SSSR count). The molecule has 1 unspecified atom stereocenters. The van der Waals surface area contributed by atoms with Crippen molar-refractivity contribution in [3.05, 3.63) is 16.1 Å². The zero-order valence-electron chi connectivity index (χ0n) is 8.99. The lowest BCUT2D eigenvalue weighted by Gasteiger charge is -1.92. The molecule has 86 valence electrons. The molecule has 0 fully saturated rings. The molecule has 0 amide bonds. The molecule has 1 aromatic heterocycles. The van der Waals surface area contributed by atoms with Gasteiger partial charge in [0, 0.05) is 12.3 Å². The van der Waals surface area contributed by atoms with Crippen molar-refractivity contribution in [3.8, 4) is 6.07 Å². The fourth-order valence-corrected chi connectivity index (χ4v) is 2.79. The van der Waals surface area contributed by atoms with Crippen molar-refractivity contribution in [2.75, 3.05) is 11.0 Å². The van der Waals surface area contributed by atoms with E-state index < -0.39 is 10.9 Å². The molecule has 1 heterocycles. The van der Waals surface area contributed by atoms with Crippen LogP contribution >= 0.6 is 22.5 Å². The molecule has 0 radical (unpaired) electrons. The van der Waals surface area contributed by atoms with Gasteiger partial charge in [-0.15, -0.1) is 16.7 Å². The number of carbonyl (C=O) groups is 1. The maximum absolute atomic E-state index is 11.8. The molecular formula is C10H13ClN3OS+. The van der Waals surface area contributed by atoms with Crippen LogP contribution in [0.3, 0.4) is 0 Å². The van der Waals surface area contributed by atoms with Gasteiger partial charge < -0.3 is 0 Å². The second-order valence-electron chi connectivity index (χ2n) is 3.24. The number of ketones is 1. The van der Waals surface area contributed by atoms with E-state index in [2.05, 4.69) is 4.37 Å². The number of nitrogens with two attached hydrogens (primary N) is 1. The molecule has 0 saturated carbocycles. The number of halogens is 1. The summed E-state index contributed by atoms with van der Waals surface area (Å²) in [4.78, 5) is 12.2. The number of hydrogen-bond donors (Lipinski definition) is 1. The Morgan fingerprint density at radius 3 is 2.88 bits per heavy atom. The summed E-state index contributed by atoms with van der Waals surface area (Å²) >= 11 is 5.52. The van der Waals surface area contributed by atoms with Crippen molar-refractivity contribution in [2.24, 2.45) is 0 Å². The number of aromatic nitrogens is 1. The first-order valence-electron chi connectivity index (χ1n) is 4.96. The fraction of sp³-hybridized carbons (Fsp3) is 0.500. The summed E-state index contributed by atoms with van der Waals surface area (Å²) in [5.74, 6) is 0.330. The van der Waals surface area contributed by atoms with Crippen LogP contribution in [-0.4, -0.2) is 16.0 Å².